The molecule has 54 valence electrons. The molecular weight excluding hydrogens is 112 g/mol. The molecule has 0 aliphatic heterocycles. The Morgan fingerprint density at radius 3 is 2.22 bits per heavy atom. The summed E-state index contributed by atoms with van der Waals surface area (Å²) < 4.78 is 0. The van der Waals surface area contributed by atoms with E-state index in [9.17, 15) is 0 Å². The van der Waals surface area contributed by atoms with Crippen LogP contribution in [-0.4, -0.2) is 26.0 Å². The van der Waals surface area contributed by atoms with Gasteiger partial charge in [-0.05, 0) is 6.42 Å². The Bertz CT molecular complexity index is 95.1. The highest BCUT2D eigenvalue weighted by Gasteiger charge is 1.92. The van der Waals surface area contributed by atoms with E-state index in [2.05, 4.69) is 17.1 Å². The van der Waals surface area contributed by atoms with Crippen LogP contribution < -0.4 is 5.32 Å². The maximum absolute atomic E-state index is 3.00. The average molecular weight is 128 g/mol. The van der Waals surface area contributed by atoms with E-state index in [1.54, 1.807) is 0 Å². The van der Waals surface area contributed by atoms with E-state index in [0.29, 0.717) is 0 Å². The largest absolute Gasteiger partial charge is 0.393 e. The molecule has 0 rings (SSSR count). The first-order valence-corrected chi connectivity index (χ1v) is 3.26. The second-order valence-electron chi connectivity index (χ2n) is 2.17. The van der Waals surface area contributed by atoms with E-state index in [-0.39, 0.29) is 0 Å². The second kappa shape index (κ2) is 4.24. The second-order valence-corrected chi connectivity index (χ2v) is 2.17. The first kappa shape index (κ1) is 8.34. The van der Waals surface area contributed by atoms with Gasteiger partial charge in [-0.1, -0.05) is 6.92 Å². The molecule has 0 saturated heterocycles. The first-order chi connectivity index (χ1) is 4.22. The third kappa shape index (κ3) is 3.01. The number of hydrogen-bond acceptors (Lipinski definition) is 2. The first-order valence-electron chi connectivity index (χ1n) is 3.26. The van der Waals surface area contributed by atoms with Crippen LogP contribution in [0.1, 0.15) is 13.3 Å². The van der Waals surface area contributed by atoms with E-state index in [0.717, 1.165) is 6.42 Å². The lowest BCUT2D eigenvalue weighted by molar-refractivity contribution is 0.489. The molecule has 0 radical (unpaired) electrons. The van der Waals surface area contributed by atoms with Crippen molar-refractivity contribution in [3.05, 3.63) is 11.9 Å². The molecule has 1 N–H and O–H groups in total. The van der Waals surface area contributed by atoms with Crippen molar-refractivity contribution in [2.24, 2.45) is 0 Å². The van der Waals surface area contributed by atoms with Gasteiger partial charge in [0, 0.05) is 33.0 Å². The number of hydrogen-bond donors (Lipinski definition) is 1. The fourth-order valence-electron chi connectivity index (χ4n) is 0.714. The zero-order valence-corrected chi connectivity index (χ0v) is 6.73. The van der Waals surface area contributed by atoms with Crippen molar-refractivity contribution >= 4 is 0 Å². The lowest BCUT2D eigenvalue weighted by Crippen LogP contribution is -2.12. The standard InChI is InChI=1S/C7H16N2/c1-5-7(6-8-2)9(3)4/h6,8H,5H2,1-4H3/b7-6-. The summed E-state index contributed by atoms with van der Waals surface area (Å²) in [6, 6.07) is 0. The molecule has 0 aromatic heterocycles. The van der Waals surface area contributed by atoms with Crippen molar-refractivity contribution in [3.63, 3.8) is 0 Å². The predicted octanol–water partition coefficient (Wildman–Crippen LogP) is 1.02. The van der Waals surface area contributed by atoms with Crippen LogP contribution in [0.15, 0.2) is 11.9 Å². The molecule has 0 spiro atoms. The molecule has 0 unspecified atom stereocenters. The minimum atomic E-state index is 1.08. The quantitative estimate of drug-likeness (QED) is 0.610. The van der Waals surface area contributed by atoms with Gasteiger partial charge in [-0.25, -0.2) is 0 Å². The van der Waals surface area contributed by atoms with Crippen molar-refractivity contribution in [3.8, 4) is 0 Å². The van der Waals surface area contributed by atoms with Gasteiger partial charge in [-0.3, -0.25) is 0 Å². The molecule has 0 fully saturated rings. The SMILES string of the molecule is CC/C(=C/NC)N(C)C. The Kier molecular flexibility index (Phi) is 3.93. The number of nitrogens with zero attached hydrogens (tertiary/aromatic N) is 1. The molecule has 0 saturated carbocycles. The van der Waals surface area contributed by atoms with Crippen LogP contribution in [0, 0.1) is 0 Å². The van der Waals surface area contributed by atoms with E-state index in [1.807, 2.05) is 27.3 Å². The minimum absolute atomic E-state index is 1.08. The summed E-state index contributed by atoms with van der Waals surface area (Å²) in [5.74, 6) is 0. The van der Waals surface area contributed by atoms with Crippen LogP contribution in [0.5, 0.6) is 0 Å². The fraction of sp³-hybridized carbons (Fsp3) is 0.714. The topological polar surface area (TPSA) is 15.3 Å². The highest BCUT2D eigenvalue weighted by atomic mass is 15.1. The van der Waals surface area contributed by atoms with E-state index in [1.165, 1.54) is 5.70 Å². The smallest absolute Gasteiger partial charge is 0.0284 e. The average Bonchev–Trinajstić information content (AvgIpc) is 1.82. The summed E-state index contributed by atoms with van der Waals surface area (Å²) in [7, 11) is 6.01. The Morgan fingerprint density at radius 1 is 1.56 bits per heavy atom. The normalized spacial score (nSPS) is 11.3. The molecule has 2 heteroatoms. The maximum atomic E-state index is 3.00. The molecule has 0 bridgehead atoms. The van der Waals surface area contributed by atoms with Gasteiger partial charge in [0.15, 0.2) is 0 Å². The van der Waals surface area contributed by atoms with Crippen LogP contribution in [0.2, 0.25) is 0 Å². The third-order valence-electron chi connectivity index (χ3n) is 1.25. The zero-order valence-electron chi connectivity index (χ0n) is 6.73. The van der Waals surface area contributed by atoms with Crippen LogP contribution in [0.25, 0.3) is 0 Å². The molecule has 0 heterocycles. The predicted molar refractivity (Wildman–Crippen MR) is 41.1 cm³/mol. The van der Waals surface area contributed by atoms with Gasteiger partial charge in [-0.2, -0.15) is 0 Å². The Labute approximate surface area is 57.5 Å². The van der Waals surface area contributed by atoms with Crippen molar-refractivity contribution in [1.82, 2.24) is 10.2 Å². The summed E-state index contributed by atoms with van der Waals surface area (Å²) in [5.41, 5.74) is 1.32. The molecule has 0 aliphatic carbocycles. The lowest BCUT2D eigenvalue weighted by Gasteiger charge is -2.14. The van der Waals surface area contributed by atoms with Crippen molar-refractivity contribution in [2.45, 2.75) is 13.3 Å². The molecule has 0 aliphatic rings. The van der Waals surface area contributed by atoms with E-state index >= 15 is 0 Å². The van der Waals surface area contributed by atoms with Crippen LogP contribution >= 0.6 is 0 Å². The van der Waals surface area contributed by atoms with Crippen molar-refractivity contribution < 1.29 is 0 Å². The van der Waals surface area contributed by atoms with Crippen LogP contribution in [-0.2, 0) is 0 Å². The summed E-state index contributed by atoms with van der Waals surface area (Å²) in [6.07, 6.45) is 3.09. The van der Waals surface area contributed by atoms with Gasteiger partial charge in [0.1, 0.15) is 0 Å². The maximum Gasteiger partial charge on any atom is 0.0284 e. The molecule has 2 nitrogen and oxygen atoms in total. The Balaban J connectivity index is 3.81. The Morgan fingerprint density at radius 2 is 2.11 bits per heavy atom. The number of allylic oxidation sites excluding steroid dienone is 1. The van der Waals surface area contributed by atoms with Crippen LogP contribution in [0.3, 0.4) is 0 Å². The van der Waals surface area contributed by atoms with Gasteiger partial charge in [0.2, 0.25) is 0 Å². The van der Waals surface area contributed by atoms with Crippen LogP contribution in [0.4, 0.5) is 0 Å². The molecular formula is C7H16N2. The Hall–Kier alpha value is -0.660. The monoisotopic (exact) mass is 128 g/mol. The minimum Gasteiger partial charge on any atom is -0.393 e. The zero-order chi connectivity index (χ0) is 7.28. The van der Waals surface area contributed by atoms with Gasteiger partial charge in [0.25, 0.3) is 0 Å². The van der Waals surface area contributed by atoms with Gasteiger partial charge in [0.05, 0.1) is 0 Å². The molecule has 0 aromatic rings. The number of nitrogens with one attached hydrogen (secondary N) is 1. The summed E-state index contributed by atoms with van der Waals surface area (Å²) in [4.78, 5) is 2.11. The highest BCUT2D eigenvalue weighted by molar-refractivity contribution is 4.96. The molecule has 0 atom stereocenters. The molecule has 0 aromatic carbocycles. The fourth-order valence-corrected chi connectivity index (χ4v) is 0.714. The van der Waals surface area contributed by atoms with Crippen molar-refractivity contribution in [1.29, 1.82) is 0 Å². The molecule has 0 amide bonds. The number of rotatable bonds is 3. The summed E-state index contributed by atoms with van der Waals surface area (Å²) >= 11 is 0. The van der Waals surface area contributed by atoms with E-state index in [4.69, 9.17) is 0 Å². The third-order valence-corrected chi connectivity index (χ3v) is 1.25. The van der Waals surface area contributed by atoms with Gasteiger partial charge in [-0.15, -0.1) is 0 Å². The van der Waals surface area contributed by atoms with E-state index < -0.39 is 0 Å². The van der Waals surface area contributed by atoms with Crippen molar-refractivity contribution in [2.75, 3.05) is 21.1 Å². The highest BCUT2D eigenvalue weighted by Crippen LogP contribution is 2.00. The molecule has 9 heavy (non-hydrogen) atoms. The lowest BCUT2D eigenvalue weighted by atomic mass is 10.3. The van der Waals surface area contributed by atoms with Gasteiger partial charge >= 0.3 is 0 Å². The summed E-state index contributed by atoms with van der Waals surface area (Å²) in [5, 5.41) is 3.00. The summed E-state index contributed by atoms with van der Waals surface area (Å²) in [6.45, 7) is 2.14. The van der Waals surface area contributed by atoms with Gasteiger partial charge < -0.3 is 10.2 Å².